The number of aromatic amines is 1. The van der Waals surface area contributed by atoms with E-state index in [1.54, 1.807) is 0 Å². The molecular weight excluding hydrogens is 1670 g/mol. The van der Waals surface area contributed by atoms with Gasteiger partial charge in [0.1, 0.15) is 44.7 Å². The molecule has 0 unspecified atom stereocenters. The molecule has 28 aromatic rings. The van der Waals surface area contributed by atoms with Crippen LogP contribution in [-0.2, 0) is 0 Å². The van der Waals surface area contributed by atoms with Crippen LogP contribution in [0.3, 0.4) is 0 Å². The van der Waals surface area contributed by atoms with Crippen molar-refractivity contribution in [3.05, 3.63) is 506 Å². The Bertz CT molecular complexity index is 9140. The molecule has 0 aliphatic carbocycles. The lowest BCUT2D eigenvalue weighted by Crippen LogP contribution is -2.08. The lowest BCUT2D eigenvalue weighted by Gasteiger charge is -2.19. The van der Waals surface area contributed by atoms with Crippen molar-refractivity contribution in [3.63, 3.8) is 0 Å². The molecule has 23 aromatic carbocycles. The third-order valence-corrected chi connectivity index (χ3v) is 26.2. The number of hydrogen-bond acceptors (Lipinski definition) is 5. The van der Waals surface area contributed by atoms with Crippen LogP contribution in [0.4, 0.5) is 11.4 Å². The first-order valence-electron chi connectivity index (χ1n) is 46.9. The smallest absolute Gasteiger partial charge is 0.138 e. The summed E-state index contributed by atoms with van der Waals surface area (Å²) in [5.41, 5.74) is 22.9. The van der Waals surface area contributed by atoms with E-state index in [4.69, 9.17) is 17.7 Å². The van der Waals surface area contributed by atoms with E-state index in [0.29, 0.717) is 0 Å². The summed E-state index contributed by atoms with van der Waals surface area (Å²) < 4.78 is 23.0. The van der Waals surface area contributed by atoms with Crippen LogP contribution >= 0.6 is 0 Å². The van der Waals surface area contributed by atoms with Crippen LogP contribution in [0.15, 0.2) is 479 Å². The molecular formula is C131H104N2O4. The Balaban J connectivity index is 0.0000000954. The molecule has 1 N–H and O–H groups in total. The molecule has 6 heteroatoms. The van der Waals surface area contributed by atoms with Crippen LogP contribution in [0.1, 0.15) is 44.5 Å². The van der Waals surface area contributed by atoms with E-state index in [1.807, 2.05) is 97.1 Å². The van der Waals surface area contributed by atoms with Gasteiger partial charge in [-0.1, -0.05) is 369 Å². The first-order valence-corrected chi connectivity index (χ1v) is 46.9. The van der Waals surface area contributed by atoms with Gasteiger partial charge in [-0.2, -0.15) is 0 Å². The fraction of sp³-hybridized carbons (Fsp3) is 0.0687. The van der Waals surface area contributed by atoms with Gasteiger partial charge in [0.25, 0.3) is 0 Å². The number of nitrogens with one attached hydrogen (secondary N) is 1. The molecule has 662 valence electrons. The zero-order valence-corrected chi connectivity index (χ0v) is 78.5. The molecule has 0 fully saturated rings. The average Bonchev–Trinajstić information content (AvgIpc) is 1.77. The topological polar surface area (TPSA) is 71.6 Å². The van der Waals surface area contributed by atoms with Gasteiger partial charge < -0.3 is 27.6 Å². The van der Waals surface area contributed by atoms with Crippen LogP contribution in [0.5, 0.6) is 0 Å². The number of H-pyrrole nitrogens is 1. The van der Waals surface area contributed by atoms with E-state index < -0.39 is 0 Å². The third kappa shape index (κ3) is 18.7. The fourth-order valence-electron chi connectivity index (χ4n) is 19.1. The van der Waals surface area contributed by atoms with Crippen molar-refractivity contribution in [2.75, 3.05) is 11.9 Å². The number of rotatable bonds is 2. The van der Waals surface area contributed by atoms with Crippen molar-refractivity contribution in [1.29, 1.82) is 0 Å². The second-order valence-corrected chi connectivity index (χ2v) is 35.5. The third-order valence-electron chi connectivity index (χ3n) is 26.2. The number of fused-ring (bicyclic) bond motifs is 25. The van der Waals surface area contributed by atoms with Crippen molar-refractivity contribution in [2.45, 2.75) is 55.4 Å². The second kappa shape index (κ2) is 39.4. The average molecular weight is 1770 g/mol. The van der Waals surface area contributed by atoms with Crippen molar-refractivity contribution >= 4 is 207 Å². The number of anilines is 2. The SMILES string of the molecule is CN(c1ccccc1)c1ccc2[nH]c3ccccc3c2c1.Cc1c2ccccc2cc2ccccc12.Cc1cc2ccccc2c2ccccc12.Cc1ccc2c(c1)oc1ccccc12.Cc1ccc2c(ccc3ccccc32)c1.Cc1ccc2oc3ccccc3c2c1.Cc1cccc2c1oc1ccccc12.Cc1cccc2cc3ccccc3cc12.Cc1cccc2oc3ccccc3c12. The van der Waals surface area contributed by atoms with Gasteiger partial charge in [0, 0.05) is 83.3 Å². The predicted molar refractivity (Wildman–Crippen MR) is 589 cm³/mol. The Morgan fingerprint density at radius 2 is 0.569 bits per heavy atom. The summed E-state index contributed by atoms with van der Waals surface area (Å²) in [7, 11) is 2.10. The fourth-order valence-corrected chi connectivity index (χ4v) is 19.1. The number of benzene rings is 23. The Kier molecular flexibility index (Phi) is 25.3. The molecule has 28 rings (SSSR count). The molecule has 0 saturated heterocycles. The monoisotopic (exact) mass is 1770 g/mol. The van der Waals surface area contributed by atoms with Crippen molar-refractivity contribution in [1.82, 2.24) is 4.98 Å². The zero-order chi connectivity index (χ0) is 93.4. The summed E-state index contributed by atoms with van der Waals surface area (Å²) in [4.78, 5) is 5.67. The van der Waals surface area contributed by atoms with E-state index in [9.17, 15) is 0 Å². The molecule has 0 spiro atoms. The molecule has 5 aromatic heterocycles. The highest BCUT2D eigenvalue weighted by atomic mass is 16.3. The van der Waals surface area contributed by atoms with Gasteiger partial charge in [0.05, 0.1) is 0 Å². The summed E-state index contributed by atoms with van der Waals surface area (Å²) in [6, 6.07) is 161. The van der Waals surface area contributed by atoms with E-state index in [2.05, 4.69) is 436 Å². The standard InChI is InChI=1S/C19H16N2.4C15H12.4C13H10O/c1-21(14-7-3-2-4-8-14)15-11-12-19-17(13-15)16-9-5-6-10-18(16)20-19;1-11-14-8-4-2-6-12(14)10-13-7-3-5-9-15(11)13;1-11-10-12-6-2-3-8-14(12)15-9-5-4-7-13(11)15;1-11-5-4-8-14-9-12-6-2-3-7-13(12)10-15(11)14;1-11-6-9-15-13(10-11)8-7-12-4-2-3-5-14(12)15;1-9-5-4-7-11-10-6-2-3-8-12(10)14-13(9)11;1-9-5-4-8-12-13(9)10-6-2-3-7-11(10)14-12;1-9-6-7-13-11(8-9)10-4-2-3-5-12(10)14-13;1-9-6-7-11-10-4-2-3-5-12(10)14-13(11)8-9/h2-13,20H,1H3;4*2-10H,1H3;4*2-8H,1H3. The molecule has 6 nitrogen and oxygen atoms in total. The number of aromatic nitrogens is 1. The Labute approximate surface area is 797 Å². The molecule has 0 atom stereocenters. The minimum atomic E-state index is 0.966. The van der Waals surface area contributed by atoms with Gasteiger partial charge in [-0.25, -0.2) is 0 Å². The maximum absolute atomic E-state index is 5.78. The van der Waals surface area contributed by atoms with E-state index >= 15 is 0 Å². The van der Waals surface area contributed by atoms with Gasteiger partial charge in [0.15, 0.2) is 0 Å². The van der Waals surface area contributed by atoms with Crippen molar-refractivity contribution < 1.29 is 17.7 Å². The Morgan fingerprint density at radius 1 is 0.175 bits per heavy atom. The van der Waals surface area contributed by atoms with Gasteiger partial charge in [-0.15, -0.1) is 0 Å². The van der Waals surface area contributed by atoms with E-state index in [-0.39, 0.29) is 0 Å². The summed E-state index contributed by atoms with van der Waals surface area (Å²) in [6.45, 7) is 17.0. The van der Waals surface area contributed by atoms with Crippen LogP contribution in [0.25, 0.3) is 196 Å². The molecule has 0 bridgehead atoms. The largest absolute Gasteiger partial charge is 0.456 e. The summed E-state index contributed by atoms with van der Waals surface area (Å²) >= 11 is 0. The molecule has 0 aliphatic rings. The van der Waals surface area contributed by atoms with Gasteiger partial charge in [-0.05, 0) is 278 Å². The summed E-state index contributed by atoms with van der Waals surface area (Å²) in [6.07, 6.45) is 0. The van der Waals surface area contributed by atoms with Crippen LogP contribution < -0.4 is 4.90 Å². The lowest BCUT2D eigenvalue weighted by molar-refractivity contribution is 0.665. The van der Waals surface area contributed by atoms with Crippen molar-refractivity contribution in [2.24, 2.45) is 0 Å². The first kappa shape index (κ1) is 87.9. The molecule has 5 heterocycles. The molecule has 137 heavy (non-hydrogen) atoms. The molecule has 0 amide bonds. The molecule has 0 saturated carbocycles. The second-order valence-electron chi connectivity index (χ2n) is 35.5. The maximum atomic E-state index is 5.78. The maximum Gasteiger partial charge on any atom is 0.138 e. The van der Waals surface area contributed by atoms with Crippen LogP contribution in [0.2, 0.25) is 0 Å². The zero-order valence-electron chi connectivity index (χ0n) is 78.5. The van der Waals surface area contributed by atoms with Crippen LogP contribution in [-0.4, -0.2) is 12.0 Å². The highest BCUT2D eigenvalue weighted by Gasteiger charge is 2.14. The summed E-state index contributed by atoms with van der Waals surface area (Å²) in [5.74, 6) is 0. The number of furan rings is 4. The normalized spacial score (nSPS) is 11.1. The highest BCUT2D eigenvalue weighted by molar-refractivity contribution is 6.13. The minimum absolute atomic E-state index is 0.966. The lowest BCUT2D eigenvalue weighted by atomic mass is 9.98. The predicted octanol–water partition coefficient (Wildman–Crippen LogP) is 37.9. The Morgan fingerprint density at radius 3 is 1.26 bits per heavy atom. The number of hydrogen-bond donors (Lipinski definition) is 1. The van der Waals surface area contributed by atoms with Gasteiger partial charge in [0.2, 0.25) is 0 Å². The Hall–Kier alpha value is -17.1. The number of para-hydroxylation sites is 7. The van der Waals surface area contributed by atoms with E-state index in [1.165, 1.54) is 207 Å². The quantitative estimate of drug-likeness (QED) is 0.138. The number of nitrogens with zero attached hydrogens (tertiary/aromatic N) is 1. The van der Waals surface area contributed by atoms with Crippen LogP contribution in [0, 0.1) is 55.4 Å². The van der Waals surface area contributed by atoms with Crippen molar-refractivity contribution in [3.8, 4) is 0 Å². The number of aryl methyl sites for hydroxylation is 8. The molecule has 0 radical (unpaired) electrons. The molecule has 0 aliphatic heterocycles. The summed E-state index contributed by atoms with van der Waals surface area (Å²) in [5, 5.41) is 33.6. The highest BCUT2D eigenvalue weighted by Crippen LogP contribution is 2.38. The van der Waals surface area contributed by atoms with Gasteiger partial charge >= 0.3 is 0 Å². The van der Waals surface area contributed by atoms with Gasteiger partial charge in [-0.3, -0.25) is 0 Å². The van der Waals surface area contributed by atoms with E-state index in [0.717, 1.165) is 44.7 Å². The first-order chi connectivity index (χ1) is 67.1. The minimum Gasteiger partial charge on any atom is -0.456 e.